The second-order valence-corrected chi connectivity index (χ2v) is 5.88. The maximum atomic E-state index is 13.7. The third-order valence-corrected chi connectivity index (χ3v) is 4.09. The number of rotatable bonds is 6. The van der Waals surface area contributed by atoms with E-state index in [0.29, 0.717) is 37.6 Å². The SMILES string of the molecule is CCNC(=NCc1c(C)nn(C)c1C)NCCc1cc(F)ccc1F.I. The Kier molecular flexibility index (Phi) is 8.97. The highest BCUT2D eigenvalue weighted by molar-refractivity contribution is 14.0. The summed E-state index contributed by atoms with van der Waals surface area (Å²) in [6.07, 6.45) is 0.374. The Labute approximate surface area is 170 Å². The number of aryl methyl sites for hydroxylation is 2. The first-order valence-electron chi connectivity index (χ1n) is 8.37. The van der Waals surface area contributed by atoms with Crippen LogP contribution in [0.1, 0.15) is 29.4 Å². The highest BCUT2D eigenvalue weighted by atomic mass is 127. The summed E-state index contributed by atoms with van der Waals surface area (Å²) < 4.78 is 28.7. The minimum absolute atomic E-state index is 0. The summed E-state index contributed by atoms with van der Waals surface area (Å²) in [7, 11) is 1.91. The van der Waals surface area contributed by atoms with Crippen molar-refractivity contribution in [1.29, 1.82) is 0 Å². The molecule has 0 fully saturated rings. The maximum absolute atomic E-state index is 13.7. The predicted molar refractivity (Wildman–Crippen MR) is 111 cm³/mol. The van der Waals surface area contributed by atoms with Gasteiger partial charge < -0.3 is 10.6 Å². The fourth-order valence-corrected chi connectivity index (χ4v) is 2.60. The molecule has 2 rings (SSSR count). The Morgan fingerprint density at radius 3 is 2.58 bits per heavy atom. The number of nitrogens with zero attached hydrogens (tertiary/aromatic N) is 3. The third-order valence-electron chi connectivity index (χ3n) is 4.09. The fourth-order valence-electron chi connectivity index (χ4n) is 2.60. The van der Waals surface area contributed by atoms with Gasteiger partial charge >= 0.3 is 0 Å². The van der Waals surface area contributed by atoms with Crippen molar-refractivity contribution in [3.8, 4) is 0 Å². The van der Waals surface area contributed by atoms with Crippen LogP contribution in [0.4, 0.5) is 8.78 Å². The molecule has 144 valence electrons. The molecule has 1 aromatic heterocycles. The van der Waals surface area contributed by atoms with Crippen LogP contribution in [0.5, 0.6) is 0 Å². The molecule has 0 atom stereocenters. The maximum Gasteiger partial charge on any atom is 0.191 e. The summed E-state index contributed by atoms with van der Waals surface area (Å²) in [6.45, 7) is 7.63. The van der Waals surface area contributed by atoms with E-state index in [0.717, 1.165) is 29.1 Å². The van der Waals surface area contributed by atoms with E-state index < -0.39 is 11.6 Å². The van der Waals surface area contributed by atoms with Crippen LogP contribution in [0, 0.1) is 25.5 Å². The van der Waals surface area contributed by atoms with Gasteiger partial charge in [0.25, 0.3) is 0 Å². The number of benzene rings is 1. The Bertz CT molecular complexity index is 758. The predicted octanol–water partition coefficient (Wildman–Crippen LogP) is 3.23. The smallest absolute Gasteiger partial charge is 0.191 e. The number of guanidine groups is 1. The van der Waals surface area contributed by atoms with Crippen molar-refractivity contribution in [3.63, 3.8) is 0 Å². The number of aliphatic imine (C=N–C) groups is 1. The molecule has 0 aliphatic carbocycles. The normalized spacial score (nSPS) is 11.2. The quantitative estimate of drug-likeness (QED) is 0.382. The van der Waals surface area contributed by atoms with Gasteiger partial charge in [-0.2, -0.15) is 5.10 Å². The van der Waals surface area contributed by atoms with Crippen molar-refractivity contribution >= 4 is 29.9 Å². The van der Waals surface area contributed by atoms with E-state index in [1.165, 1.54) is 6.07 Å². The van der Waals surface area contributed by atoms with E-state index in [9.17, 15) is 8.78 Å². The molecular formula is C18H26F2IN5. The van der Waals surface area contributed by atoms with Crippen LogP contribution in [-0.2, 0) is 20.0 Å². The van der Waals surface area contributed by atoms with Gasteiger partial charge in [-0.15, -0.1) is 24.0 Å². The first kappa shape index (κ1) is 22.3. The van der Waals surface area contributed by atoms with Gasteiger partial charge in [0.1, 0.15) is 11.6 Å². The van der Waals surface area contributed by atoms with Crippen LogP contribution in [-0.4, -0.2) is 28.8 Å². The Balaban J connectivity index is 0.00000338. The van der Waals surface area contributed by atoms with Gasteiger partial charge in [-0.1, -0.05) is 0 Å². The van der Waals surface area contributed by atoms with Crippen LogP contribution in [0.25, 0.3) is 0 Å². The Hall–Kier alpha value is -1.71. The Morgan fingerprint density at radius 2 is 1.96 bits per heavy atom. The van der Waals surface area contributed by atoms with Crippen molar-refractivity contribution in [3.05, 3.63) is 52.3 Å². The molecule has 1 heterocycles. The summed E-state index contributed by atoms with van der Waals surface area (Å²) >= 11 is 0. The number of aromatic nitrogens is 2. The van der Waals surface area contributed by atoms with Gasteiger partial charge in [0.2, 0.25) is 0 Å². The van der Waals surface area contributed by atoms with Gasteiger partial charge in [0, 0.05) is 31.4 Å². The molecule has 26 heavy (non-hydrogen) atoms. The summed E-state index contributed by atoms with van der Waals surface area (Å²) in [4.78, 5) is 4.56. The molecule has 0 unspecified atom stereocenters. The highest BCUT2D eigenvalue weighted by Crippen LogP contribution is 2.13. The van der Waals surface area contributed by atoms with Crippen LogP contribution in [0.15, 0.2) is 23.2 Å². The van der Waals surface area contributed by atoms with E-state index in [1.54, 1.807) is 0 Å². The van der Waals surface area contributed by atoms with E-state index >= 15 is 0 Å². The molecular weight excluding hydrogens is 451 g/mol. The molecule has 0 saturated carbocycles. The summed E-state index contributed by atoms with van der Waals surface area (Å²) in [5.74, 6) is -0.187. The van der Waals surface area contributed by atoms with Gasteiger partial charge in [-0.25, -0.2) is 13.8 Å². The van der Waals surface area contributed by atoms with Crippen LogP contribution in [0.2, 0.25) is 0 Å². The zero-order valence-corrected chi connectivity index (χ0v) is 17.9. The molecule has 8 heteroatoms. The number of hydrogen-bond acceptors (Lipinski definition) is 2. The number of halogens is 3. The van der Waals surface area contributed by atoms with Crippen LogP contribution >= 0.6 is 24.0 Å². The molecule has 0 amide bonds. The average Bonchev–Trinajstić information content (AvgIpc) is 2.81. The van der Waals surface area contributed by atoms with Gasteiger partial charge in [0.15, 0.2) is 5.96 Å². The first-order valence-corrected chi connectivity index (χ1v) is 8.37. The molecule has 0 saturated heterocycles. The molecule has 0 aliphatic heterocycles. The van der Waals surface area contributed by atoms with Crippen molar-refractivity contribution < 1.29 is 8.78 Å². The molecule has 0 bridgehead atoms. The molecule has 0 aliphatic rings. The van der Waals surface area contributed by atoms with E-state index in [1.807, 2.05) is 32.5 Å². The number of hydrogen-bond donors (Lipinski definition) is 2. The molecule has 5 nitrogen and oxygen atoms in total. The lowest BCUT2D eigenvalue weighted by molar-refractivity contribution is 0.583. The van der Waals surface area contributed by atoms with Gasteiger partial charge in [-0.3, -0.25) is 4.68 Å². The minimum atomic E-state index is -0.431. The van der Waals surface area contributed by atoms with Crippen LogP contribution < -0.4 is 10.6 Å². The third kappa shape index (κ3) is 5.93. The number of nitrogens with one attached hydrogen (secondary N) is 2. The second-order valence-electron chi connectivity index (χ2n) is 5.88. The van der Waals surface area contributed by atoms with Crippen molar-refractivity contribution in [1.82, 2.24) is 20.4 Å². The summed E-state index contributed by atoms with van der Waals surface area (Å²) in [6, 6.07) is 3.50. The van der Waals surface area contributed by atoms with E-state index in [-0.39, 0.29) is 24.0 Å². The molecule has 1 aromatic carbocycles. The van der Waals surface area contributed by atoms with Crippen molar-refractivity contribution in [2.75, 3.05) is 13.1 Å². The Morgan fingerprint density at radius 1 is 1.23 bits per heavy atom. The minimum Gasteiger partial charge on any atom is -0.357 e. The standard InChI is InChI=1S/C18H25F2N5.HI/c1-5-21-18(23-11-16-12(2)24-25(4)13(16)3)22-9-8-14-10-15(19)6-7-17(14)20;/h6-7,10H,5,8-9,11H2,1-4H3,(H2,21,22,23);1H. The van der Waals surface area contributed by atoms with E-state index in [2.05, 4.69) is 20.7 Å². The lowest BCUT2D eigenvalue weighted by atomic mass is 10.1. The first-order chi connectivity index (χ1) is 11.9. The van der Waals surface area contributed by atoms with Gasteiger partial charge in [-0.05, 0) is 51.0 Å². The van der Waals surface area contributed by atoms with Gasteiger partial charge in [0.05, 0.1) is 12.2 Å². The summed E-state index contributed by atoms with van der Waals surface area (Å²) in [5, 5.41) is 10.7. The second kappa shape index (κ2) is 10.4. The summed E-state index contributed by atoms with van der Waals surface area (Å²) in [5.41, 5.74) is 3.48. The molecule has 0 radical (unpaired) electrons. The fraction of sp³-hybridized carbons (Fsp3) is 0.444. The van der Waals surface area contributed by atoms with Crippen molar-refractivity contribution in [2.24, 2.45) is 12.0 Å². The monoisotopic (exact) mass is 477 g/mol. The lowest BCUT2D eigenvalue weighted by Gasteiger charge is -2.12. The molecule has 2 N–H and O–H groups in total. The molecule has 0 spiro atoms. The highest BCUT2D eigenvalue weighted by Gasteiger charge is 2.09. The zero-order chi connectivity index (χ0) is 18.4. The largest absolute Gasteiger partial charge is 0.357 e. The average molecular weight is 477 g/mol. The van der Waals surface area contributed by atoms with E-state index in [4.69, 9.17) is 0 Å². The topological polar surface area (TPSA) is 54.2 Å². The molecule has 2 aromatic rings. The van der Waals surface area contributed by atoms with Crippen molar-refractivity contribution in [2.45, 2.75) is 33.7 Å². The zero-order valence-electron chi connectivity index (χ0n) is 15.6. The van der Waals surface area contributed by atoms with Crippen LogP contribution in [0.3, 0.4) is 0 Å². The lowest BCUT2D eigenvalue weighted by Crippen LogP contribution is -2.38.